The lowest BCUT2D eigenvalue weighted by atomic mass is 10.2. The van der Waals surface area contributed by atoms with Gasteiger partial charge >= 0.3 is 0 Å². The van der Waals surface area contributed by atoms with Gasteiger partial charge in [-0.05, 0) is 37.5 Å². The Labute approximate surface area is 95.5 Å². The fourth-order valence-corrected chi connectivity index (χ4v) is 2.60. The number of rotatable bonds is 1. The van der Waals surface area contributed by atoms with E-state index in [0.29, 0.717) is 6.04 Å². The Morgan fingerprint density at radius 2 is 2.00 bits per heavy atom. The SMILES string of the molecule is C=C1C=CSc2ccccc2N1C(C)C. The van der Waals surface area contributed by atoms with Gasteiger partial charge in [0, 0.05) is 16.6 Å². The summed E-state index contributed by atoms with van der Waals surface area (Å²) in [6.07, 6.45) is 2.07. The summed E-state index contributed by atoms with van der Waals surface area (Å²) < 4.78 is 0. The van der Waals surface area contributed by atoms with E-state index in [1.165, 1.54) is 10.6 Å². The highest BCUT2D eigenvalue weighted by Crippen LogP contribution is 2.36. The molecule has 2 rings (SSSR count). The van der Waals surface area contributed by atoms with E-state index in [9.17, 15) is 0 Å². The molecule has 1 aromatic carbocycles. The summed E-state index contributed by atoms with van der Waals surface area (Å²) in [7, 11) is 0. The van der Waals surface area contributed by atoms with Crippen molar-refractivity contribution in [2.75, 3.05) is 4.90 Å². The highest BCUT2D eigenvalue weighted by Gasteiger charge is 2.17. The molecule has 1 aromatic rings. The Kier molecular flexibility index (Phi) is 2.87. The Hall–Kier alpha value is -1.15. The molecule has 1 nitrogen and oxygen atoms in total. The molecule has 0 unspecified atom stereocenters. The van der Waals surface area contributed by atoms with Crippen molar-refractivity contribution in [1.82, 2.24) is 0 Å². The van der Waals surface area contributed by atoms with E-state index < -0.39 is 0 Å². The number of fused-ring (bicyclic) bond motifs is 1. The Morgan fingerprint density at radius 3 is 2.73 bits per heavy atom. The van der Waals surface area contributed by atoms with Crippen LogP contribution in [0.5, 0.6) is 0 Å². The molecule has 2 heteroatoms. The molecule has 0 spiro atoms. The van der Waals surface area contributed by atoms with Crippen LogP contribution in [0.4, 0.5) is 5.69 Å². The number of hydrogen-bond donors (Lipinski definition) is 0. The molecule has 0 radical (unpaired) electrons. The van der Waals surface area contributed by atoms with Gasteiger partial charge in [0.15, 0.2) is 0 Å². The van der Waals surface area contributed by atoms with Crippen LogP contribution in [0.25, 0.3) is 0 Å². The van der Waals surface area contributed by atoms with Gasteiger partial charge in [0.2, 0.25) is 0 Å². The third kappa shape index (κ3) is 1.95. The van der Waals surface area contributed by atoms with Crippen LogP contribution >= 0.6 is 11.8 Å². The molecule has 1 aliphatic rings. The lowest BCUT2D eigenvalue weighted by Crippen LogP contribution is -2.28. The maximum absolute atomic E-state index is 4.10. The monoisotopic (exact) mass is 217 g/mol. The maximum atomic E-state index is 4.10. The lowest BCUT2D eigenvalue weighted by molar-refractivity contribution is 0.761. The van der Waals surface area contributed by atoms with Crippen LogP contribution in [0.15, 0.2) is 52.9 Å². The first kappa shape index (κ1) is 10.4. The average molecular weight is 217 g/mol. The summed E-state index contributed by atoms with van der Waals surface area (Å²) >= 11 is 1.75. The highest BCUT2D eigenvalue weighted by molar-refractivity contribution is 8.02. The largest absolute Gasteiger partial charge is 0.339 e. The van der Waals surface area contributed by atoms with Gasteiger partial charge in [0.1, 0.15) is 0 Å². The average Bonchev–Trinajstić information content (AvgIpc) is 2.35. The van der Waals surface area contributed by atoms with E-state index in [1.54, 1.807) is 11.8 Å². The van der Waals surface area contributed by atoms with Gasteiger partial charge in [-0.25, -0.2) is 0 Å². The van der Waals surface area contributed by atoms with Crippen molar-refractivity contribution in [3.05, 3.63) is 48.0 Å². The highest BCUT2D eigenvalue weighted by atomic mass is 32.2. The topological polar surface area (TPSA) is 3.24 Å². The molecule has 78 valence electrons. The first-order chi connectivity index (χ1) is 7.20. The zero-order valence-corrected chi connectivity index (χ0v) is 9.92. The Balaban J connectivity index is 2.52. The van der Waals surface area contributed by atoms with E-state index in [2.05, 4.69) is 61.1 Å². The van der Waals surface area contributed by atoms with Gasteiger partial charge in [0.05, 0.1) is 5.69 Å². The molecule has 1 aliphatic heterocycles. The van der Waals surface area contributed by atoms with Crippen molar-refractivity contribution >= 4 is 17.4 Å². The summed E-state index contributed by atoms with van der Waals surface area (Å²) in [5.74, 6) is 0. The van der Waals surface area contributed by atoms with Crippen molar-refractivity contribution in [1.29, 1.82) is 0 Å². The number of hydrogen-bond acceptors (Lipinski definition) is 2. The zero-order valence-electron chi connectivity index (χ0n) is 9.10. The van der Waals surface area contributed by atoms with Crippen molar-refractivity contribution < 1.29 is 0 Å². The molecule has 0 saturated carbocycles. The zero-order chi connectivity index (χ0) is 10.8. The van der Waals surface area contributed by atoms with Gasteiger partial charge in [-0.2, -0.15) is 0 Å². The molecule has 1 heterocycles. The van der Waals surface area contributed by atoms with E-state index in [1.807, 2.05) is 0 Å². The van der Waals surface area contributed by atoms with Crippen molar-refractivity contribution in [2.24, 2.45) is 0 Å². The van der Waals surface area contributed by atoms with Gasteiger partial charge < -0.3 is 4.90 Å². The Bertz CT molecular complexity index is 407. The fourth-order valence-electron chi connectivity index (χ4n) is 1.79. The smallest absolute Gasteiger partial charge is 0.0554 e. The van der Waals surface area contributed by atoms with E-state index in [4.69, 9.17) is 0 Å². The summed E-state index contributed by atoms with van der Waals surface area (Å²) in [5, 5.41) is 2.10. The van der Waals surface area contributed by atoms with Crippen LogP contribution in [-0.2, 0) is 0 Å². The molecule has 0 bridgehead atoms. The number of allylic oxidation sites excluding steroid dienone is 1. The molecule has 0 fully saturated rings. The van der Waals surface area contributed by atoms with E-state index in [-0.39, 0.29) is 0 Å². The second-order valence-corrected chi connectivity index (χ2v) is 4.79. The first-order valence-electron chi connectivity index (χ1n) is 5.10. The molecule has 0 N–H and O–H groups in total. The normalized spacial score (nSPS) is 15.4. The summed E-state index contributed by atoms with van der Waals surface area (Å²) in [6, 6.07) is 8.89. The molecule has 0 amide bonds. The third-order valence-electron chi connectivity index (χ3n) is 2.41. The predicted molar refractivity (Wildman–Crippen MR) is 68.2 cm³/mol. The van der Waals surface area contributed by atoms with E-state index >= 15 is 0 Å². The van der Waals surface area contributed by atoms with Gasteiger partial charge in [-0.15, -0.1) is 0 Å². The van der Waals surface area contributed by atoms with Gasteiger partial charge in [-0.3, -0.25) is 0 Å². The van der Waals surface area contributed by atoms with Gasteiger partial charge in [0.25, 0.3) is 0 Å². The third-order valence-corrected chi connectivity index (χ3v) is 3.28. The van der Waals surface area contributed by atoms with Crippen LogP contribution in [0.2, 0.25) is 0 Å². The number of para-hydroxylation sites is 1. The molecule has 0 atom stereocenters. The van der Waals surface area contributed by atoms with Crippen LogP contribution in [0.1, 0.15) is 13.8 Å². The maximum Gasteiger partial charge on any atom is 0.0554 e. The molecule has 0 saturated heterocycles. The van der Waals surface area contributed by atoms with E-state index in [0.717, 1.165) is 5.70 Å². The number of thioether (sulfide) groups is 1. The van der Waals surface area contributed by atoms with Crippen LogP contribution in [0.3, 0.4) is 0 Å². The standard InChI is InChI=1S/C13H15NS/c1-10(2)14-11(3)8-9-15-13-7-5-4-6-12(13)14/h4-10H,3H2,1-2H3. The second-order valence-electron chi connectivity index (χ2n) is 3.84. The lowest BCUT2D eigenvalue weighted by Gasteiger charge is -2.29. The number of anilines is 1. The molecular formula is C13H15NS. The van der Waals surface area contributed by atoms with Crippen LogP contribution in [0, 0.1) is 0 Å². The quantitative estimate of drug-likeness (QED) is 0.698. The number of benzene rings is 1. The predicted octanol–water partition coefficient (Wildman–Crippen LogP) is 4.03. The Morgan fingerprint density at radius 1 is 1.27 bits per heavy atom. The minimum absolute atomic E-state index is 0.432. The van der Waals surface area contributed by atoms with Crippen molar-refractivity contribution in [2.45, 2.75) is 24.8 Å². The molecule has 15 heavy (non-hydrogen) atoms. The molecular weight excluding hydrogens is 202 g/mol. The van der Waals surface area contributed by atoms with Gasteiger partial charge in [-0.1, -0.05) is 30.5 Å². The summed E-state index contributed by atoms with van der Waals surface area (Å²) in [6.45, 7) is 8.47. The van der Waals surface area contributed by atoms with Crippen LogP contribution < -0.4 is 4.90 Å². The summed E-state index contributed by atoms with van der Waals surface area (Å²) in [4.78, 5) is 3.56. The first-order valence-corrected chi connectivity index (χ1v) is 5.98. The minimum Gasteiger partial charge on any atom is -0.339 e. The molecule has 0 aliphatic carbocycles. The fraction of sp³-hybridized carbons (Fsp3) is 0.231. The van der Waals surface area contributed by atoms with Crippen molar-refractivity contribution in [3.63, 3.8) is 0 Å². The minimum atomic E-state index is 0.432. The number of nitrogens with zero attached hydrogens (tertiary/aromatic N) is 1. The van der Waals surface area contributed by atoms with Crippen molar-refractivity contribution in [3.8, 4) is 0 Å². The second kappa shape index (κ2) is 4.15. The van der Waals surface area contributed by atoms with Crippen LogP contribution in [-0.4, -0.2) is 6.04 Å². The molecule has 0 aromatic heterocycles. The summed E-state index contributed by atoms with van der Waals surface area (Å²) in [5.41, 5.74) is 2.31.